The Morgan fingerprint density at radius 3 is 2.82 bits per heavy atom. The number of anilines is 1. The molecule has 1 aliphatic heterocycles. The molecule has 2 N–H and O–H groups in total. The normalized spacial score (nSPS) is 16.9. The third-order valence-corrected chi connectivity index (χ3v) is 4.13. The maximum atomic E-state index is 12.1. The van der Waals surface area contributed by atoms with Crippen molar-refractivity contribution < 1.29 is 13.3 Å². The zero-order valence-electron chi connectivity index (χ0n) is 8.96. The van der Waals surface area contributed by atoms with E-state index < -0.39 is 10.0 Å². The van der Waals surface area contributed by atoms with Crippen molar-refractivity contribution in [3.05, 3.63) is 23.8 Å². The number of rotatable bonds is 2. The Morgan fingerprint density at radius 1 is 1.47 bits per heavy atom. The van der Waals surface area contributed by atoms with Crippen LogP contribution in [0.3, 0.4) is 0 Å². The predicted molar refractivity (Wildman–Crippen MR) is 60.0 cm³/mol. The molecule has 90 valence electrons. The third-order valence-electron chi connectivity index (χ3n) is 2.39. The first-order valence-electron chi connectivity index (χ1n) is 5.01. The summed E-state index contributed by atoms with van der Waals surface area (Å²) in [5.74, 6) is 0. The maximum absolute atomic E-state index is 12.1. The van der Waals surface area contributed by atoms with Gasteiger partial charge >= 0.3 is 0 Å². The molecule has 2 rings (SSSR count). The van der Waals surface area contributed by atoms with Crippen LogP contribution < -0.4 is 5.73 Å². The highest BCUT2D eigenvalue weighted by Crippen LogP contribution is 2.24. The Morgan fingerprint density at radius 2 is 2.24 bits per heavy atom. The third kappa shape index (κ3) is 2.10. The van der Waals surface area contributed by atoms with Gasteiger partial charge in [0, 0.05) is 12.2 Å². The summed E-state index contributed by atoms with van der Waals surface area (Å²) in [4.78, 5) is 4.93. The average molecular weight is 253 g/mol. The number of benzene rings is 1. The lowest BCUT2D eigenvalue weighted by atomic mass is 10.2. The zero-order valence-corrected chi connectivity index (χ0v) is 9.77. The van der Waals surface area contributed by atoms with E-state index in [4.69, 9.17) is 15.8 Å². The summed E-state index contributed by atoms with van der Waals surface area (Å²) in [6, 6.07) is 5.93. The highest BCUT2D eigenvalue weighted by Gasteiger charge is 2.30. The van der Waals surface area contributed by atoms with E-state index in [1.165, 1.54) is 18.2 Å². The van der Waals surface area contributed by atoms with Crippen molar-refractivity contribution in [1.29, 1.82) is 5.26 Å². The Kier molecular flexibility index (Phi) is 3.02. The van der Waals surface area contributed by atoms with Crippen molar-refractivity contribution in [2.45, 2.75) is 11.3 Å². The molecule has 0 atom stereocenters. The van der Waals surface area contributed by atoms with E-state index in [-0.39, 0.29) is 10.5 Å². The molecular formula is C10H11N3O3S. The van der Waals surface area contributed by atoms with Crippen LogP contribution in [0.2, 0.25) is 0 Å². The average Bonchev–Trinajstić information content (AvgIpc) is 2.82. The first-order chi connectivity index (χ1) is 8.05. The van der Waals surface area contributed by atoms with E-state index in [0.29, 0.717) is 25.3 Å². The minimum Gasteiger partial charge on any atom is -0.399 e. The fourth-order valence-electron chi connectivity index (χ4n) is 1.58. The molecule has 0 aromatic heterocycles. The SMILES string of the molecule is N#Cc1cc(N)ccc1S(=O)(=O)N1CCCO1. The van der Waals surface area contributed by atoms with Gasteiger partial charge in [-0.3, -0.25) is 4.84 Å². The van der Waals surface area contributed by atoms with Gasteiger partial charge in [-0.2, -0.15) is 5.26 Å². The molecule has 1 fully saturated rings. The van der Waals surface area contributed by atoms with Crippen molar-refractivity contribution in [3.8, 4) is 6.07 Å². The molecule has 0 unspecified atom stereocenters. The molecule has 1 heterocycles. The van der Waals surface area contributed by atoms with Gasteiger partial charge in [-0.25, -0.2) is 8.42 Å². The topological polar surface area (TPSA) is 96.4 Å². The Bertz CT molecular complexity index is 571. The summed E-state index contributed by atoms with van der Waals surface area (Å²) in [7, 11) is -3.77. The fraction of sp³-hybridized carbons (Fsp3) is 0.300. The molecule has 1 aromatic rings. The smallest absolute Gasteiger partial charge is 0.266 e. The van der Waals surface area contributed by atoms with Crippen LogP contribution in [0.1, 0.15) is 12.0 Å². The van der Waals surface area contributed by atoms with Gasteiger partial charge in [-0.05, 0) is 24.6 Å². The van der Waals surface area contributed by atoms with Crippen LogP contribution in [-0.4, -0.2) is 26.0 Å². The van der Waals surface area contributed by atoms with Crippen LogP contribution in [0.25, 0.3) is 0 Å². The lowest BCUT2D eigenvalue weighted by molar-refractivity contribution is -0.0284. The van der Waals surface area contributed by atoms with Crippen LogP contribution in [0.15, 0.2) is 23.1 Å². The van der Waals surface area contributed by atoms with Crippen LogP contribution >= 0.6 is 0 Å². The monoisotopic (exact) mass is 253 g/mol. The second-order valence-corrected chi connectivity index (χ2v) is 5.38. The van der Waals surface area contributed by atoms with Crippen LogP contribution in [0.5, 0.6) is 0 Å². The predicted octanol–water partition coefficient (Wildman–Crippen LogP) is 0.466. The molecule has 0 radical (unpaired) electrons. The number of sulfonamides is 1. The molecule has 1 aliphatic rings. The number of nitrogens with zero attached hydrogens (tertiary/aromatic N) is 2. The second kappa shape index (κ2) is 4.33. The van der Waals surface area contributed by atoms with Gasteiger partial charge in [-0.1, -0.05) is 4.47 Å². The van der Waals surface area contributed by atoms with Crippen LogP contribution in [0, 0.1) is 11.3 Å². The van der Waals surface area contributed by atoms with E-state index in [1.54, 1.807) is 0 Å². The number of nitrogens with two attached hydrogens (primary N) is 1. The van der Waals surface area contributed by atoms with Gasteiger partial charge in [0.05, 0.1) is 12.2 Å². The molecule has 0 bridgehead atoms. The molecule has 1 saturated heterocycles. The Hall–Kier alpha value is -1.62. The largest absolute Gasteiger partial charge is 0.399 e. The van der Waals surface area contributed by atoms with Crippen LogP contribution in [-0.2, 0) is 14.9 Å². The van der Waals surface area contributed by atoms with Crippen LogP contribution in [0.4, 0.5) is 5.69 Å². The lowest BCUT2D eigenvalue weighted by Crippen LogP contribution is -2.27. The van der Waals surface area contributed by atoms with Crippen molar-refractivity contribution in [3.63, 3.8) is 0 Å². The van der Waals surface area contributed by atoms with Gasteiger partial charge in [0.2, 0.25) is 0 Å². The number of hydroxylamine groups is 1. The number of nitriles is 1. The zero-order chi connectivity index (χ0) is 12.5. The van der Waals surface area contributed by atoms with Crippen molar-refractivity contribution in [2.24, 2.45) is 0 Å². The van der Waals surface area contributed by atoms with E-state index in [1.807, 2.05) is 6.07 Å². The highest BCUT2D eigenvalue weighted by molar-refractivity contribution is 7.89. The molecule has 0 saturated carbocycles. The molecule has 6 nitrogen and oxygen atoms in total. The summed E-state index contributed by atoms with van der Waals surface area (Å²) in [5, 5.41) is 8.92. The van der Waals surface area contributed by atoms with Crippen molar-refractivity contribution >= 4 is 15.7 Å². The quantitative estimate of drug-likeness (QED) is 0.772. The van der Waals surface area contributed by atoms with Gasteiger partial charge in [-0.15, -0.1) is 0 Å². The van der Waals surface area contributed by atoms with E-state index in [2.05, 4.69) is 0 Å². The standard InChI is InChI=1S/C10H11N3O3S/c11-7-8-6-9(12)2-3-10(8)17(14,15)13-4-1-5-16-13/h2-3,6H,1,4-5,12H2. The number of nitrogen functional groups attached to an aromatic ring is 1. The summed E-state index contributed by atoms with van der Waals surface area (Å²) < 4.78 is 25.2. The van der Waals surface area contributed by atoms with E-state index >= 15 is 0 Å². The summed E-state index contributed by atoms with van der Waals surface area (Å²) in [6.07, 6.45) is 0.649. The first-order valence-corrected chi connectivity index (χ1v) is 6.45. The lowest BCUT2D eigenvalue weighted by Gasteiger charge is -2.15. The molecule has 1 aromatic carbocycles. The van der Waals surface area contributed by atoms with Crippen molar-refractivity contribution in [1.82, 2.24) is 4.47 Å². The first kappa shape index (κ1) is 11.9. The van der Waals surface area contributed by atoms with Gasteiger partial charge in [0.15, 0.2) is 0 Å². The maximum Gasteiger partial charge on any atom is 0.266 e. The fourth-order valence-corrected chi connectivity index (χ4v) is 3.01. The Labute approximate surface area is 99.2 Å². The molecule has 0 spiro atoms. The van der Waals surface area contributed by atoms with E-state index in [0.717, 1.165) is 4.47 Å². The molecule has 7 heteroatoms. The minimum atomic E-state index is -3.77. The highest BCUT2D eigenvalue weighted by atomic mass is 32.2. The summed E-state index contributed by atoms with van der Waals surface area (Å²) in [5.41, 5.74) is 5.89. The van der Waals surface area contributed by atoms with E-state index in [9.17, 15) is 8.42 Å². The number of hydrogen-bond donors (Lipinski definition) is 1. The van der Waals surface area contributed by atoms with Gasteiger partial charge in [0.1, 0.15) is 11.0 Å². The summed E-state index contributed by atoms with van der Waals surface area (Å²) in [6.45, 7) is 0.674. The molecule has 0 amide bonds. The Balaban J connectivity index is 2.50. The number of hydrogen-bond acceptors (Lipinski definition) is 5. The molecular weight excluding hydrogens is 242 g/mol. The summed E-state index contributed by atoms with van der Waals surface area (Å²) >= 11 is 0. The van der Waals surface area contributed by atoms with Gasteiger partial charge in [0.25, 0.3) is 10.0 Å². The van der Waals surface area contributed by atoms with Crippen molar-refractivity contribution in [2.75, 3.05) is 18.9 Å². The molecule has 0 aliphatic carbocycles. The van der Waals surface area contributed by atoms with Gasteiger partial charge < -0.3 is 5.73 Å². The second-order valence-electron chi connectivity index (χ2n) is 3.59. The minimum absolute atomic E-state index is 0.0282. The molecule has 17 heavy (non-hydrogen) atoms.